The maximum atomic E-state index is 12.3. The molecule has 1 atom stereocenters. The number of unbranched alkanes of at least 4 members (excludes halogenated alkanes) is 7. The molecule has 0 aromatic heterocycles. The number of carboxylic acids is 1. The van der Waals surface area contributed by atoms with E-state index in [-0.39, 0.29) is 5.75 Å². The summed E-state index contributed by atoms with van der Waals surface area (Å²) in [6.45, 7) is 2.55. The first-order valence-corrected chi connectivity index (χ1v) is 10.3. The van der Waals surface area contributed by atoms with Crippen LogP contribution in [0.25, 0.3) is 0 Å². The summed E-state index contributed by atoms with van der Waals surface area (Å²) in [5, 5.41) is 9.18. The van der Waals surface area contributed by atoms with E-state index in [2.05, 4.69) is 6.92 Å². The Bertz CT molecular complexity index is 422. The minimum absolute atomic E-state index is 0.0890. The second-order valence-electron chi connectivity index (χ2n) is 6.25. The minimum Gasteiger partial charge on any atom is -0.480 e. The predicted octanol–water partition coefficient (Wildman–Crippen LogP) is 3.40. The fraction of sp³-hybridized carbons (Fsp3) is 0.938. The highest BCUT2D eigenvalue weighted by atomic mass is 32.2. The zero-order valence-electron chi connectivity index (χ0n) is 13.8. The van der Waals surface area contributed by atoms with Crippen LogP contribution in [0.5, 0.6) is 0 Å². The van der Waals surface area contributed by atoms with Gasteiger partial charge in [0.2, 0.25) is 10.0 Å². The van der Waals surface area contributed by atoms with Crippen LogP contribution in [0.15, 0.2) is 0 Å². The molecule has 0 aromatic rings. The van der Waals surface area contributed by atoms with Crippen molar-refractivity contribution in [3.8, 4) is 0 Å². The molecule has 130 valence electrons. The van der Waals surface area contributed by atoms with Crippen molar-refractivity contribution in [1.82, 2.24) is 4.31 Å². The van der Waals surface area contributed by atoms with Gasteiger partial charge in [-0.05, 0) is 25.7 Å². The van der Waals surface area contributed by atoms with E-state index in [4.69, 9.17) is 0 Å². The molecule has 0 aliphatic carbocycles. The van der Waals surface area contributed by atoms with E-state index in [1.807, 2.05) is 0 Å². The van der Waals surface area contributed by atoms with Crippen molar-refractivity contribution in [2.75, 3.05) is 12.3 Å². The van der Waals surface area contributed by atoms with Crippen molar-refractivity contribution in [2.45, 2.75) is 83.6 Å². The van der Waals surface area contributed by atoms with Crippen LogP contribution < -0.4 is 0 Å². The highest BCUT2D eigenvalue weighted by Crippen LogP contribution is 2.22. The molecule has 6 heteroatoms. The molecule has 1 fully saturated rings. The molecule has 1 aliphatic heterocycles. The van der Waals surface area contributed by atoms with E-state index in [9.17, 15) is 18.3 Å². The maximum Gasteiger partial charge on any atom is 0.322 e. The summed E-state index contributed by atoms with van der Waals surface area (Å²) in [6, 6.07) is -0.854. The maximum absolute atomic E-state index is 12.3. The average Bonchev–Trinajstić information content (AvgIpc) is 2.50. The van der Waals surface area contributed by atoms with Crippen LogP contribution in [0.3, 0.4) is 0 Å². The van der Waals surface area contributed by atoms with Gasteiger partial charge in [0.15, 0.2) is 0 Å². The first-order valence-electron chi connectivity index (χ1n) is 8.71. The van der Waals surface area contributed by atoms with Crippen LogP contribution >= 0.6 is 0 Å². The van der Waals surface area contributed by atoms with Gasteiger partial charge in [0.1, 0.15) is 6.04 Å². The SMILES string of the molecule is CCCCCCCCCCS(=O)(=O)N1CCCCC1C(=O)O. The first-order chi connectivity index (χ1) is 10.5. The molecule has 1 N–H and O–H groups in total. The van der Waals surface area contributed by atoms with E-state index in [0.29, 0.717) is 19.4 Å². The minimum atomic E-state index is -3.43. The zero-order chi connectivity index (χ0) is 16.4. The molecule has 1 heterocycles. The molecular weight excluding hydrogens is 302 g/mol. The third-order valence-corrected chi connectivity index (χ3v) is 6.31. The van der Waals surface area contributed by atoms with E-state index in [0.717, 1.165) is 25.7 Å². The lowest BCUT2D eigenvalue weighted by atomic mass is 10.1. The fourth-order valence-electron chi connectivity index (χ4n) is 3.02. The van der Waals surface area contributed by atoms with Gasteiger partial charge >= 0.3 is 5.97 Å². The highest BCUT2D eigenvalue weighted by Gasteiger charge is 2.36. The molecule has 22 heavy (non-hydrogen) atoms. The van der Waals surface area contributed by atoms with Crippen LogP contribution in [0, 0.1) is 0 Å². The summed E-state index contributed by atoms with van der Waals surface area (Å²) in [5.41, 5.74) is 0. The molecule has 0 saturated carbocycles. The van der Waals surface area contributed by atoms with Gasteiger partial charge in [-0.1, -0.05) is 51.9 Å². The van der Waals surface area contributed by atoms with Crippen molar-refractivity contribution in [1.29, 1.82) is 0 Å². The Morgan fingerprint density at radius 3 is 2.23 bits per heavy atom. The summed E-state index contributed by atoms with van der Waals surface area (Å²) in [4.78, 5) is 11.2. The van der Waals surface area contributed by atoms with Gasteiger partial charge < -0.3 is 5.11 Å². The van der Waals surface area contributed by atoms with Gasteiger partial charge in [0, 0.05) is 6.54 Å². The third-order valence-electron chi connectivity index (χ3n) is 4.35. The Kier molecular flexibility index (Phi) is 9.02. The molecule has 0 spiro atoms. The van der Waals surface area contributed by atoms with Gasteiger partial charge in [-0.15, -0.1) is 0 Å². The first kappa shape index (κ1) is 19.4. The topological polar surface area (TPSA) is 74.7 Å². The van der Waals surface area contributed by atoms with Crippen LogP contribution in [0.1, 0.15) is 77.6 Å². The number of carbonyl (C=O) groups is 1. The summed E-state index contributed by atoms with van der Waals surface area (Å²) in [6.07, 6.45) is 10.8. The lowest BCUT2D eigenvalue weighted by Gasteiger charge is -2.31. The Balaban J connectivity index is 2.29. The fourth-order valence-corrected chi connectivity index (χ4v) is 4.81. The molecule has 1 unspecified atom stereocenters. The van der Waals surface area contributed by atoms with Crippen molar-refractivity contribution in [3.63, 3.8) is 0 Å². The summed E-state index contributed by atoms with van der Waals surface area (Å²) in [7, 11) is -3.43. The predicted molar refractivity (Wildman–Crippen MR) is 88.4 cm³/mol. The molecule has 1 saturated heterocycles. The summed E-state index contributed by atoms with van der Waals surface area (Å²) < 4.78 is 25.9. The molecule has 0 amide bonds. The summed E-state index contributed by atoms with van der Waals surface area (Å²) in [5.74, 6) is -0.926. The monoisotopic (exact) mass is 333 g/mol. The third kappa shape index (κ3) is 6.65. The normalized spacial score (nSPS) is 20.1. The molecule has 0 aromatic carbocycles. The summed E-state index contributed by atoms with van der Waals surface area (Å²) >= 11 is 0. The molecule has 0 bridgehead atoms. The average molecular weight is 333 g/mol. The molecule has 5 nitrogen and oxygen atoms in total. The largest absolute Gasteiger partial charge is 0.480 e. The van der Waals surface area contributed by atoms with Gasteiger partial charge in [0.05, 0.1) is 5.75 Å². The number of rotatable bonds is 11. The quantitative estimate of drug-likeness (QED) is 0.588. The molecule has 1 aliphatic rings. The van der Waals surface area contributed by atoms with Gasteiger partial charge in [0.25, 0.3) is 0 Å². The second kappa shape index (κ2) is 10.2. The number of hydrogen-bond donors (Lipinski definition) is 1. The lowest BCUT2D eigenvalue weighted by molar-refractivity contribution is -0.142. The standard InChI is InChI=1S/C16H31NO4S/c1-2-3-4-5-6-7-8-11-14-22(20,21)17-13-10-9-12-15(17)16(18)19/h15H,2-14H2,1H3,(H,18,19). The van der Waals surface area contributed by atoms with Gasteiger partial charge in [-0.3, -0.25) is 4.79 Å². The molecular formula is C16H31NO4S. The number of hydrogen-bond acceptors (Lipinski definition) is 3. The number of sulfonamides is 1. The van der Waals surface area contributed by atoms with Crippen molar-refractivity contribution >= 4 is 16.0 Å². The second-order valence-corrected chi connectivity index (χ2v) is 8.29. The number of carboxylic acid groups (broad SMARTS) is 1. The van der Waals surface area contributed by atoms with Crippen LogP contribution in [0.2, 0.25) is 0 Å². The van der Waals surface area contributed by atoms with Gasteiger partial charge in [-0.25, -0.2) is 8.42 Å². The van der Waals surface area contributed by atoms with Crippen molar-refractivity contribution in [3.05, 3.63) is 0 Å². The molecule has 1 rings (SSSR count). The molecule has 0 radical (unpaired) electrons. The van der Waals surface area contributed by atoms with E-state index >= 15 is 0 Å². The number of aliphatic carboxylic acids is 1. The Labute approximate surface area is 135 Å². The van der Waals surface area contributed by atoms with Crippen molar-refractivity contribution in [2.24, 2.45) is 0 Å². The van der Waals surface area contributed by atoms with Crippen LogP contribution in [0.4, 0.5) is 0 Å². The zero-order valence-corrected chi connectivity index (χ0v) is 14.6. The smallest absolute Gasteiger partial charge is 0.322 e. The van der Waals surface area contributed by atoms with Crippen molar-refractivity contribution < 1.29 is 18.3 Å². The lowest BCUT2D eigenvalue weighted by Crippen LogP contribution is -2.48. The number of nitrogens with zero attached hydrogens (tertiary/aromatic N) is 1. The Hall–Kier alpha value is -0.620. The Morgan fingerprint density at radius 2 is 1.64 bits per heavy atom. The van der Waals surface area contributed by atoms with E-state index in [1.54, 1.807) is 0 Å². The van der Waals surface area contributed by atoms with E-state index in [1.165, 1.54) is 36.4 Å². The Morgan fingerprint density at radius 1 is 1.05 bits per heavy atom. The highest BCUT2D eigenvalue weighted by molar-refractivity contribution is 7.89. The van der Waals surface area contributed by atoms with Gasteiger partial charge in [-0.2, -0.15) is 4.31 Å². The van der Waals surface area contributed by atoms with Crippen LogP contribution in [-0.2, 0) is 14.8 Å². The van der Waals surface area contributed by atoms with Crippen LogP contribution in [-0.4, -0.2) is 42.1 Å². The number of piperidine rings is 1. The van der Waals surface area contributed by atoms with E-state index < -0.39 is 22.0 Å².